The summed E-state index contributed by atoms with van der Waals surface area (Å²) in [5.41, 5.74) is 4.22. The SMILES string of the molecule is CCc1cc(NCCCn2ccnc2)n2nc(C)c(C)c2n1. The Morgan fingerprint density at radius 2 is 2.14 bits per heavy atom. The maximum absolute atomic E-state index is 4.69. The van der Waals surface area contributed by atoms with Crippen LogP contribution in [0.4, 0.5) is 5.82 Å². The van der Waals surface area contributed by atoms with Crippen molar-refractivity contribution in [3.05, 3.63) is 41.7 Å². The van der Waals surface area contributed by atoms with Crippen LogP contribution >= 0.6 is 0 Å². The van der Waals surface area contributed by atoms with Gasteiger partial charge in [-0.15, -0.1) is 0 Å². The molecule has 116 valence electrons. The summed E-state index contributed by atoms with van der Waals surface area (Å²) >= 11 is 0. The third-order valence-electron chi connectivity index (χ3n) is 3.93. The van der Waals surface area contributed by atoms with Gasteiger partial charge in [-0.1, -0.05) is 6.92 Å². The van der Waals surface area contributed by atoms with Crippen LogP contribution in [0.2, 0.25) is 0 Å². The van der Waals surface area contributed by atoms with Crippen LogP contribution in [-0.2, 0) is 13.0 Å². The smallest absolute Gasteiger partial charge is 0.160 e. The maximum atomic E-state index is 4.69. The summed E-state index contributed by atoms with van der Waals surface area (Å²) in [6.07, 6.45) is 7.59. The van der Waals surface area contributed by atoms with Crippen molar-refractivity contribution in [1.29, 1.82) is 0 Å². The number of hydrogen-bond donors (Lipinski definition) is 1. The number of aromatic nitrogens is 5. The van der Waals surface area contributed by atoms with Gasteiger partial charge in [0.15, 0.2) is 5.65 Å². The molecular formula is C16H22N6. The second kappa shape index (κ2) is 6.17. The zero-order valence-electron chi connectivity index (χ0n) is 13.4. The average Bonchev–Trinajstić information content (AvgIpc) is 3.13. The quantitative estimate of drug-likeness (QED) is 0.711. The Labute approximate surface area is 130 Å². The number of nitrogens with zero attached hydrogens (tertiary/aromatic N) is 5. The molecule has 0 amide bonds. The van der Waals surface area contributed by atoms with E-state index < -0.39 is 0 Å². The number of nitrogens with one attached hydrogen (secondary N) is 1. The van der Waals surface area contributed by atoms with Crippen molar-refractivity contribution in [2.45, 2.75) is 40.2 Å². The van der Waals surface area contributed by atoms with Crippen molar-refractivity contribution >= 4 is 11.5 Å². The molecule has 1 N–H and O–H groups in total. The van der Waals surface area contributed by atoms with Crippen molar-refractivity contribution in [3.8, 4) is 0 Å². The molecule has 6 nitrogen and oxygen atoms in total. The summed E-state index contributed by atoms with van der Waals surface area (Å²) in [4.78, 5) is 8.75. The Bertz CT molecular complexity index is 757. The molecule has 0 aliphatic heterocycles. The molecule has 0 aliphatic carbocycles. The molecule has 3 heterocycles. The predicted molar refractivity (Wildman–Crippen MR) is 87.2 cm³/mol. The van der Waals surface area contributed by atoms with E-state index in [1.54, 1.807) is 0 Å². The van der Waals surface area contributed by atoms with E-state index in [9.17, 15) is 0 Å². The summed E-state index contributed by atoms with van der Waals surface area (Å²) in [5.74, 6) is 1.02. The van der Waals surface area contributed by atoms with E-state index in [1.165, 1.54) is 0 Å². The maximum Gasteiger partial charge on any atom is 0.160 e. The van der Waals surface area contributed by atoms with Crippen LogP contribution in [0.25, 0.3) is 5.65 Å². The largest absolute Gasteiger partial charge is 0.370 e. The van der Waals surface area contributed by atoms with Gasteiger partial charge in [0.2, 0.25) is 0 Å². The number of aryl methyl sites for hydroxylation is 4. The molecule has 0 bridgehead atoms. The van der Waals surface area contributed by atoms with E-state index in [0.717, 1.165) is 54.3 Å². The van der Waals surface area contributed by atoms with E-state index in [0.29, 0.717) is 0 Å². The molecule has 0 saturated carbocycles. The van der Waals surface area contributed by atoms with Gasteiger partial charge in [-0.25, -0.2) is 9.97 Å². The summed E-state index contributed by atoms with van der Waals surface area (Å²) in [7, 11) is 0. The van der Waals surface area contributed by atoms with Gasteiger partial charge in [-0.05, 0) is 26.7 Å². The van der Waals surface area contributed by atoms with Crippen LogP contribution in [0.1, 0.15) is 30.3 Å². The zero-order valence-corrected chi connectivity index (χ0v) is 13.4. The molecule has 0 radical (unpaired) electrons. The lowest BCUT2D eigenvalue weighted by Crippen LogP contribution is -2.10. The minimum Gasteiger partial charge on any atom is -0.370 e. The minimum absolute atomic E-state index is 0.887. The molecule has 0 aromatic carbocycles. The van der Waals surface area contributed by atoms with Gasteiger partial charge in [0.05, 0.1) is 12.0 Å². The van der Waals surface area contributed by atoms with E-state index in [4.69, 9.17) is 4.98 Å². The fourth-order valence-electron chi connectivity index (χ4n) is 2.48. The number of hydrogen-bond acceptors (Lipinski definition) is 4. The molecule has 6 heteroatoms. The van der Waals surface area contributed by atoms with Gasteiger partial charge in [0.1, 0.15) is 5.82 Å². The molecule has 22 heavy (non-hydrogen) atoms. The monoisotopic (exact) mass is 298 g/mol. The van der Waals surface area contributed by atoms with Crippen LogP contribution in [0.15, 0.2) is 24.8 Å². The Morgan fingerprint density at radius 3 is 2.86 bits per heavy atom. The van der Waals surface area contributed by atoms with Crippen LogP contribution in [0.3, 0.4) is 0 Å². The molecule has 0 atom stereocenters. The molecule has 0 fully saturated rings. The normalized spacial score (nSPS) is 11.2. The number of anilines is 1. The van der Waals surface area contributed by atoms with E-state index >= 15 is 0 Å². The van der Waals surface area contributed by atoms with Gasteiger partial charge in [-0.3, -0.25) is 0 Å². The molecule has 3 rings (SSSR count). The summed E-state index contributed by atoms with van der Waals surface area (Å²) < 4.78 is 4.00. The van der Waals surface area contributed by atoms with Crippen LogP contribution in [0, 0.1) is 13.8 Å². The van der Waals surface area contributed by atoms with Crippen molar-refractivity contribution in [3.63, 3.8) is 0 Å². The second-order valence-electron chi connectivity index (χ2n) is 5.51. The average molecular weight is 298 g/mol. The first kappa shape index (κ1) is 14.6. The molecule has 0 unspecified atom stereocenters. The van der Waals surface area contributed by atoms with E-state index in [2.05, 4.69) is 39.9 Å². The molecular weight excluding hydrogens is 276 g/mol. The topological polar surface area (TPSA) is 60.0 Å². The van der Waals surface area contributed by atoms with Crippen molar-refractivity contribution in [1.82, 2.24) is 24.1 Å². The van der Waals surface area contributed by atoms with Gasteiger partial charge in [-0.2, -0.15) is 9.61 Å². The fourth-order valence-corrected chi connectivity index (χ4v) is 2.48. The molecule has 0 aliphatic rings. The highest BCUT2D eigenvalue weighted by Gasteiger charge is 2.11. The Hall–Kier alpha value is -2.37. The van der Waals surface area contributed by atoms with Gasteiger partial charge >= 0.3 is 0 Å². The third kappa shape index (κ3) is 2.81. The zero-order chi connectivity index (χ0) is 15.5. The Balaban J connectivity index is 1.75. The standard InChI is InChI=1S/C16H22N6/c1-4-14-10-15(18-6-5-8-21-9-7-17-11-21)22-16(19-14)12(2)13(3)20-22/h7,9-11,18H,4-6,8H2,1-3H3. The highest BCUT2D eigenvalue weighted by molar-refractivity contribution is 5.56. The van der Waals surface area contributed by atoms with Crippen LogP contribution in [-0.4, -0.2) is 30.7 Å². The number of fused-ring (bicyclic) bond motifs is 1. The first-order valence-electron chi connectivity index (χ1n) is 7.74. The second-order valence-corrected chi connectivity index (χ2v) is 5.51. The first-order valence-corrected chi connectivity index (χ1v) is 7.74. The van der Waals surface area contributed by atoms with E-state index in [1.807, 2.05) is 30.2 Å². The van der Waals surface area contributed by atoms with Crippen LogP contribution < -0.4 is 5.32 Å². The number of imidazole rings is 1. The van der Waals surface area contributed by atoms with Crippen molar-refractivity contribution in [2.75, 3.05) is 11.9 Å². The number of rotatable bonds is 6. The summed E-state index contributed by atoms with van der Waals surface area (Å²) in [6.45, 7) is 8.07. The third-order valence-corrected chi connectivity index (χ3v) is 3.93. The molecule has 3 aromatic heterocycles. The Kier molecular flexibility index (Phi) is 4.09. The van der Waals surface area contributed by atoms with E-state index in [-0.39, 0.29) is 0 Å². The summed E-state index contributed by atoms with van der Waals surface area (Å²) in [6, 6.07) is 2.09. The first-order chi connectivity index (χ1) is 10.7. The Morgan fingerprint density at radius 1 is 1.27 bits per heavy atom. The predicted octanol–water partition coefficient (Wildman–Crippen LogP) is 2.61. The van der Waals surface area contributed by atoms with Gasteiger partial charge in [0.25, 0.3) is 0 Å². The molecule has 0 spiro atoms. The minimum atomic E-state index is 0.887. The van der Waals surface area contributed by atoms with Crippen molar-refractivity contribution in [2.24, 2.45) is 0 Å². The van der Waals surface area contributed by atoms with Gasteiger partial charge < -0.3 is 9.88 Å². The van der Waals surface area contributed by atoms with Gasteiger partial charge in [0, 0.05) is 42.8 Å². The highest BCUT2D eigenvalue weighted by Crippen LogP contribution is 2.18. The lowest BCUT2D eigenvalue weighted by atomic mass is 10.2. The highest BCUT2D eigenvalue weighted by atomic mass is 15.3. The van der Waals surface area contributed by atoms with Crippen LogP contribution in [0.5, 0.6) is 0 Å². The summed E-state index contributed by atoms with van der Waals surface area (Å²) in [5, 5.41) is 8.09. The lowest BCUT2D eigenvalue weighted by molar-refractivity contribution is 0.658. The van der Waals surface area contributed by atoms with Crippen molar-refractivity contribution < 1.29 is 0 Å². The molecule has 3 aromatic rings. The fraction of sp³-hybridized carbons (Fsp3) is 0.438. The molecule has 0 saturated heterocycles. The lowest BCUT2D eigenvalue weighted by Gasteiger charge is -2.10.